The molecule has 0 aliphatic carbocycles. The van der Waals surface area contributed by atoms with Crippen LogP contribution in [0.3, 0.4) is 0 Å². The van der Waals surface area contributed by atoms with Crippen LogP contribution in [-0.4, -0.2) is 70.5 Å². The molecule has 0 unspecified atom stereocenters. The van der Waals surface area contributed by atoms with E-state index >= 15 is 0 Å². The van der Waals surface area contributed by atoms with E-state index in [-0.39, 0.29) is 5.56 Å². The molecule has 4 aromatic carbocycles. The van der Waals surface area contributed by atoms with E-state index in [1.54, 1.807) is 48.5 Å². The van der Waals surface area contributed by atoms with Crippen LogP contribution >= 0.6 is 0 Å². The molecule has 0 aliphatic rings. The number of nitrogens with one attached hydrogen (secondary N) is 3. The van der Waals surface area contributed by atoms with E-state index < -0.39 is 48.0 Å². The number of benzene rings is 4. The predicted molar refractivity (Wildman–Crippen MR) is 201 cm³/mol. The minimum Gasteiger partial charge on any atom is -0.467 e. The Kier molecular flexibility index (Phi) is 16.8. The molecule has 0 saturated carbocycles. The van der Waals surface area contributed by atoms with E-state index in [2.05, 4.69) is 62.7 Å². The van der Waals surface area contributed by atoms with E-state index in [0.29, 0.717) is 16.7 Å². The quantitative estimate of drug-likeness (QED) is 0.0697. The van der Waals surface area contributed by atoms with Gasteiger partial charge in [-0.3, -0.25) is 19.6 Å². The first kappa shape index (κ1) is 41.3. The van der Waals surface area contributed by atoms with Gasteiger partial charge in [-0.1, -0.05) is 60.1 Å². The van der Waals surface area contributed by atoms with Crippen molar-refractivity contribution in [2.75, 3.05) is 7.11 Å². The number of carbonyl (C=O) groups is 4. The van der Waals surface area contributed by atoms with E-state index in [1.807, 2.05) is 60.7 Å². The minimum atomic E-state index is -1.27. The number of aliphatic hydroxyl groups is 2. The number of rotatable bonds is 8. The second-order valence-electron chi connectivity index (χ2n) is 11.3. The van der Waals surface area contributed by atoms with Gasteiger partial charge in [-0.05, 0) is 110 Å². The van der Waals surface area contributed by atoms with Gasteiger partial charge in [-0.15, -0.1) is 0 Å². The van der Waals surface area contributed by atoms with Crippen molar-refractivity contribution in [3.63, 3.8) is 0 Å². The average Bonchev–Trinajstić information content (AvgIpc) is 3.19. The van der Waals surface area contributed by atoms with Gasteiger partial charge in [0.2, 0.25) is 0 Å². The molecule has 0 radical (unpaired) electrons. The molecule has 0 bridgehead atoms. The summed E-state index contributed by atoms with van der Waals surface area (Å²) >= 11 is 0. The summed E-state index contributed by atoms with van der Waals surface area (Å²) in [7, 11) is 1.19. The molecular weight excluding hydrogens is 686 g/mol. The number of esters is 1. The van der Waals surface area contributed by atoms with Crippen molar-refractivity contribution in [3.05, 3.63) is 143 Å². The van der Waals surface area contributed by atoms with Crippen molar-refractivity contribution >= 4 is 23.7 Å². The largest absolute Gasteiger partial charge is 0.467 e. The van der Waals surface area contributed by atoms with Crippen LogP contribution in [0.2, 0.25) is 0 Å². The standard InChI is InChI=1S/C22H19NO4.C21H18N2O4/c1-16(24)20(22(26)27-2)23-21(25)19-14-12-18(13-15-19)11-7-6-10-17-8-4-3-5-9-17;1-15(24)19(21(26)23-27)22-20(25)18-13-11-17(12-14-18)10-6-5-9-16-7-3-2-4-8-16/h3-5,8-9,12-16,20,24H,1-2H3,(H,23,25);2-4,7-8,11-15,19,24,27H,1H3,(H,22,25)(H,23,26)/t16-,20+;15-,19+/m11/s1. The lowest BCUT2D eigenvalue weighted by Gasteiger charge is -2.19. The molecule has 0 heterocycles. The number of aliphatic hydroxyl groups excluding tert-OH is 2. The van der Waals surface area contributed by atoms with E-state index in [0.717, 1.165) is 11.1 Å². The second-order valence-corrected chi connectivity index (χ2v) is 11.3. The third-order valence-corrected chi connectivity index (χ3v) is 7.18. The highest BCUT2D eigenvalue weighted by Gasteiger charge is 2.27. The fourth-order valence-electron chi connectivity index (χ4n) is 4.29. The van der Waals surface area contributed by atoms with Crippen LogP contribution in [0.15, 0.2) is 109 Å². The molecule has 0 aliphatic heterocycles. The molecule has 54 heavy (non-hydrogen) atoms. The number of hydrogen-bond donors (Lipinski definition) is 6. The van der Waals surface area contributed by atoms with Crippen LogP contribution in [0.1, 0.15) is 56.8 Å². The number of methoxy groups -OCH3 is 1. The Morgan fingerprint density at radius 2 is 0.870 bits per heavy atom. The summed E-state index contributed by atoms with van der Waals surface area (Å²) in [5.41, 5.74) is 5.17. The molecule has 4 aromatic rings. The Hall–Kier alpha value is -7.12. The molecule has 11 heteroatoms. The van der Waals surface area contributed by atoms with Crippen LogP contribution in [0.4, 0.5) is 0 Å². The fourth-order valence-corrected chi connectivity index (χ4v) is 4.29. The second kappa shape index (κ2) is 22.0. The first-order valence-electron chi connectivity index (χ1n) is 16.4. The molecule has 0 fully saturated rings. The van der Waals surface area contributed by atoms with Gasteiger partial charge in [0.25, 0.3) is 17.7 Å². The van der Waals surface area contributed by atoms with Gasteiger partial charge in [0.15, 0.2) is 6.04 Å². The van der Waals surface area contributed by atoms with Gasteiger partial charge in [-0.2, -0.15) is 0 Å². The average molecular weight is 724 g/mol. The molecule has 0 spiro atoms. The molecule has 0 saturated heterocycles. The van der Waals surface area contributed by atoms with Crippen LogP contribution in [-0.2, 0) is 14.3 Å². The third kappa shape index (κ3) is 13.9. The Labute approximate surface area is 313 Å². The van der Waals surface area contributed by atoms with Crippen molar-refractivity contribution in [1.29, 1.82) is 0 Å². The summed E-state index contributed by atoms with van der Waals surface area (Å²) in [5.74, 6) is 20.0. The number of ether oxygens (including phenoxy) is 1. The summed E-state index contributed by atoms with van der Waals surface area (Å²) in [6.07, 6.45) is -2.25. The highest BCUT2D eigenvalue weighted by Crippen LogP contribution is 2.07. The zero-order valence-corrected chi connectivity index (χ0v) is 29.6. The van der Waals surface area contributed by atoms with E-state index in [1.165, 1.54) is 26.4 Å². The molecule has 272 valence electrons. The number of amides is 3. The lowest BCUT2D eigenvalue weighted by atomic mass is 10.1. The maximum absolute atomic E-state index is 12.2. The highest BCUT2D eigenvalue weighted by atomic mass is 16.5. The maximum Gasteiger partial charge on any atom is 0.331 e. The Balaban J connectivity index is 0.000000290. The normalized spacial score (nSPS) is 11.7. The Morgan fingerprint density at radius 3 is 1.19 bits per heavy atom. The zero-order chi connectivity index (χ0) is 39.3. The molecular formula is C43H37N3O8. The first-order valence-corrected chi connectivity index (χ1v) is 16.4. The predicted octanol–water partition coefficient (Wildman–Crippen LogP) is 2.82. The van der Waals surface area contributed by atoms with Gasteiger partial charge >= 0.3 is 5.97 Å². The topological polar surface area (TPSA) is 174 Å². The van der Waals surface area contributed by atoms with Gasteiger partial charge in [0, 0.05) is 33.4 Å². The number of carbonyl (C=O) groups excluding carboxylic acids is 4. The maximum atomic E-state index is 12.2. The Bertz CT molecular complexity index is 1980. The van der Waals surface area contributed by atoms with Crippen molar-refractivity contribution in [3.8, 4) is 47.4 Å². The number of hydroxylamine groups is 1. The first-order chi connectivity index (χ1) is 26.0. The molecule has 6 N–H and O–H groups in total. The molecule has 4 atom stereocenters. The summed E-state index contributed by atoms with van der Waals surface area (Å²) in [6.45, 7) is 2.73. The summed E-state index contributed by atoms with van der Waals surface area (Å²) in [6, 6.07) is 29.5. The Morgan fingerprint density at radius 1 is 0.537 bits per heavy atom. The minimum absolute atomic E-state index is 0.285. The van der Waals surface area contributed by atoms with Gasteiger partial charge in [-0.25, -0.2) is 10.3 Å². The van der Waals surface area contributed by atoms with Gasteiger partial charge in [0.1, 0.15) is 6.04 Å². The smallest absolute Gasteiger partial charge is 0.331 e. The lowest BCUT2D eigenvalue weighted by molar-refractivity contribution is -0.145. The van der Waals surface area contributed by atoms with E-state index in [9.17, 15) is 29.4 Å². The van der Waals surface area contributed by atoms with Crippen LogP contribution in [0.5, 0.6) is 0 Å². The monoisotopic (exact) mass is 723 g/mol. The molecule has 4 rings (SSSR count). The fraction of sp³-hybridized carbons (Fsp3) is 0.163. The van der Waals surface area contributed by atoms with Gasteiger partial charge < -0.3 is 25.6 Å². The van der Waals surface area contributed by atoms with E-state index in [4.69, 9.17) is 5.21 Å². The summed E-state index contributed by atoms with van der Waals surface area (Å²) in [5, 5.41) is 32.6. The van der Waals surface area contributed by atoms with Crippen molar-refractivity contribution in [1.82, 2.24) is 16.1 Å². The summed E-state index contributed by atoms with van der Waals surface area (Å²) < 4.78 is 4.57. The van der Waals surface area contributed by atoms with Crippen molar-refractivity contribution in [2.24, 2.45) is 0 Å². The van der Waals surface area contributed by atoms with Crippen LogP contribution in [0, 0.1) is 47.4 Å². The third-order valence-electron chi connectivity index (χ3n) is 7.18. The highest BCUT2D eigenvalue weighted by molar-refractivity contribution is 5.98. The summed E-state index contributed by atoms with van der Waals surface area (Å²) in [4.78, 5) is 47.4. The lowest BCUT2D eigenvalue weighted by Crippen LogP contribution is -2.51. The molecule has 0 aromatic heterocycles. The SMILES string of the molecule is COC(=O)[C@@H](NC(=O)c1ccc(C#CC#Cc2ccccc2)cc1)[C@@H](C)O.C[C@@H](O)[C@H](NC(=O)c1ccc(C#CC#Cc2ccccc2)cc1)C(=O)NO. The van der Waals surface area contributed by atoms with Crippen molar-refractivity contribution < 1.29 is 39.3 Å². The van der Waals surface area contributed by atoms with Crippen LogP contribution in [0.25, 0.3) is 0 Å². The molecule has 3 amide bonds. The molecule has 11 nitrogen and oxygen atoms in total. The van der Waals surface area contributed by atoms with Crippen molar-refractivity contribution in [2.45, 2.75) is 38.1 Å². The van der Waals surface area contributed by atoms with Crippen LogP contribution < -0.4 is 16.1 Å². The van der Waals surface area contributed by atoms with Gasteiger partial charge in [0.05, 0.1) is 19.3 Å². The number of hydrogen-bond acceptors (Lipinski definition) is 8. The zero-order valence-electron chi connectivity index (χ0n) is 29.6.